The molecule has 2 aromatic carbocycles. The molecule has 1 unspecified atom stereocenters. The van der Waals surface area contributed by atoms with Gasteiger partial charge in [0.2, 0.25) is 0 Å². The normalized spacial score (nSPS) is 18.8. The number of primary amides is 1. The first kappa shape index (κ1) is 17.1. The van der Waals surface area contributed by atoms with Crippen LogP contribution in [0.25, 0.3) is 0 Å². The number of fused-ring (bicyclic) bond motifs is 1. The van der Waals surface area contributed by atoms with Gasteiger partial charge in [0.05, 0.1) is 17.3 Å². The van der Waals surface area contributed by atoms with Gasteiger partial charge in [0.1, 0.15) is 19.0 Å². The summed E-state index contributed by atoms with van der Waals surface area (Å²) in [7, 11) is 0. The second kappa shape index (κ2) is 6.79. The fourth-order valence-corrected chi connectivity index (χ4v) is 4.12. The van der Waals surface area contributed by atoms with Crippen molar-refractivity contribution in [2.75, 3.05) is 24.7 Å². The van der Waals surface area contributed by atoms with Crippen molar-refractivity contribution in [2.45, 2.75) is 18.9 Å². The van der Waals surface area contributed by atoms with Crippen molar-refractivity contribution in [2.24, 2.45) is 5.73 Å². The van der Waals surface area contributed by atoms with Crippen molar-refractivity contribution in [3.8, 4) is 11.5 Å². The lowest BCUT2D eigenvalue weighted by molar-refractivity contribution is 0.0997. The van der Waals surface area contributed by atoms with Gasteiger partial charge in [-0.1, -0.05) is 22.0 Å². The molecule has 1 atom stereocenters. The summed E-state index contributed by atoms with van der Waals surface area (Å²) < 4.78 is 26.2. The molecule has 2 aromatic rings. The number of anilines is 1. The summed E-state index contributed by atoms with van der Waals surface area (Å²) in [6.45, 7) is 1.78. The van der Waals surface area contributed by atoms with Crippen molar-refractivity contribution in [1.29, 1.82) is 0 Å². The molecule has 2 aliphatic rings. The Hall–Kier alpha value is -2.28. The highest BCUT2D eigenvalue weighted by Gasteiger charge is 2.31. The van der Waals surface area contributed by atoms with Crippen molar-refractivity contribution in [3.05, 3.63) is 51.7 Å². The summed E-state index contributed by atoms with van der Waals surface area (Å²) in [5.74, 6) is 0.0690. The summed E-state index contributed by atoms with van der Waals surface area (Å²) >= 11 is 3.31. The smallest absolute Gasteiger partial charge is 0.253 e. The van der Waals surface area contributed by atoms with Crippen LogP contribution in [-0.2, 0) is 0 Å². The fourth-order valence-electron chi connectivity index (χ4n) is 3.70. The first-order chi connectivity index (χ1) is 12.5. The predicted molar refractivity (Wildman–Crippen MR) is 99.4 cm³/mol. The van der Waals surface area contributed by atoms with Gasteiger partial charge in [-0.25, -0.2) is 4.39 Å². The second-order valence-electron chi connectivity index (χ2n) is 6.40. The fraction of sp³-hybridized carbons (Fsp3) is 0.316. The van der Waals surface area contributed by atoms with Crippen LogP contribution in [0.1, 0.15) is 34.8 Å². The van der Waals surface area contributed by atoms with Gasteiger partial charge in [0, 0.05) is 11.0 Å². The highest BCUT2D eigenvalue weighted by atomic mass is 79.9. The molecule has 1 saturated heterocycles. The first-order valence-electron chi connectivity index (χ1n) is 8.49. The molecule has 7 heteroatoms. The van der Waals surface area contributed by atoms with E-state index in [2.05, 4.69) is 15.9 Å². The topological polar surface area (TPSA) is 64.8 Å². The van der Waals surface area contributed by atoms with Crippen LogP contribution >= 0.6 is 15.9 Å². The van der Waals surface area contributed by atoms with Crippen molar-refractivity contribution in [3.63, 3.8) is 0 Å². The highest BCUT2D eigenvalue weighted by Crippen LogP contribution is 2.42. The van der Waals surface area contributed by atoms with Gasteiger partial charge in [0.15, 0.2) is 11.5 Å². The molecule has 4 rings (SSSR count). The number of ether oxygens (including phenoxy) is 2. The molecule has 2 aliphatic heterocycles. The zero-order chi connectivity index (χ0) is 18.3. The van der Waals surface area contributed by atoms with E-state index in [1.165, 1.54) is 6.07 Å². The zero-order valence-electron chi connectivity index (χ0n) is 14.0. The lowest BCUT2D eigenvalue weighted by Crippen LogP contribution is -2.27. The molecule has 0 aromatic heterocycles. The minimum Gasteiger partial charge on any atom is -0.486 e. The third kappa shape index (κ3) is 3.00. The van der Waals surface area contributed by atoms with Crippen LogP contribution in [0.3, 0.4) is 0 Å². The van der Waals surface area contributed by atoms with Crippen molar-refractivity contribution < 1.29 is 18.7 Å². The van der Waals surface area contributed by atoms with Crippen LogP contribution in [0, 0.1) is 5.82 Å². The number of carbonyl (C=O) groups excluding carboxylic acids is 1. The molecule has 0 spiro atoms. The van der Waals surface area contributed by atoms with E-state index in [0.29, 0.717) is 23.4 Å². The zero-order valence-corrected chi connectivity index (χ0v) is 15.6. The van der Waals surface area contributed by atoms with Crippen molar-refractivity contribution in [1.82, 2.24) is 0 Å². The number of carbonyl (C=O) groups is 1. The number of benzene rings is 2. The van der Waals surface area contributed by atoms with Gasteiger partial charge in [-0.05, 0) is 42.7 Å². The molecule has 1 amide bonds. The minimum atomic E-state index is -0.766. The maximum atomic E-state index is 14.4. The van der Waals surface area contributed by atoms with E-state index in [-0.39, 0.29) is 11.6 Å². The molecule has 0 saturated carbocycles. The molecule has 26 heavy (non-hydrogen) atoms. The quantitative estimate of drug-likeness (QED) is 0.819. The third-order valence-electron chi connectivity index (χ3n) is 4.79. The molecule has 2 heterocycles. The Morgan fingerprint density at radius 1 is 1.19 bits per heavy atom. The van der Waals surface area contributed by atoms with E-state index < -0.39 is 11.7 Å². The third-order valence-corrected chi connectivity index (χ3v) is 5.25. The number of amides is 1. The first-order valence-corrected chi connectivity index (χ1v) is 9.29. The average Bonchev–Trinajstić information content (AvgIpc) is 3.09. The summed E-state index contributed by atoms with van der Waals surface area (Å²) in [6.07, 6.45) is 1.83. The van der Waals surface area contributed by atoms with Crippen LogP contribution in [0.5, 0.6) is 11.5 Å². The molecule has 2 N–H and O–H groups in total. The highest BCUT2D eigenvalue weighted by molar-refractivity contribution is 9.10. The van der Waals surface area contributed by atoms with Crippen LogP contribution in [0.15, 0.2) is 34.8 Å². The van der Waals surface area contributed by atoms with E-state index in [1.54, 1.807) is 6.07 Å². The molecule has 0 aliphatic carbocycles. The molecule has 5 nitrogen and oxygen atoms in total. The Morgan fingerprint density at radius 2 is 1.96 bits per heavy atom. The lowest BCUT2D eigenvalue weighted by atomic mass is 10.0. The minimum absolute atomic E-state index is 0.0117. The Balaban J connectivity index is 1.75. The number of halogens is 2. The maximum absolute atomic E-state index is 14.4. The summed E-state index contributed by atoms with van der Waals surface area (Å²) in [6, 6.07) is 8.89. The largest absolute Gasteiger partial charge is 0.486 e. The van der Waals surface area contributed by atoms with Crippen LogP contribution in [0.4, 0.5) is 10.1 Å². The van der Waals surface area contributed by atoms with E-state index in [4.69, 9.17) is 15.2 Å². The molecular formula is C19H18BrFN2O3. The second-order valence-corrected chi connectivity index (χ2v) is 7.32. The van der Waals surface area contributed by atoms with Crippen LogP contribution in [-0.4, -0.2) is 25.7 Å². The Bertz CT molecular complexity index is 874. The maximum Gasteiger partial charge on any atom is 0.253 e. The monoisotopic (exact) mass is 420 g/mol. The van der Waals surface area contributed by atoms with E-state index in [9.17, 15) is 9.18 Å². The molecule has 1 fully saturated rings. The Labute approximate surface area is 159 Å². The van der Waals surface area contributed by atoms with Crippen LogP contribution in [0.2, 0.25) is 0 Å². The number of rotatable bonds is 3. The molecular weight excluding hydrogens is 403 g/mol. The van der Waals surface area contributed by atoms with Gasteiger partial charge in [0.25, 0.3) is 5.91 Å². The van der Waals surface area contributed by atoms with Gasteiger partial charge in [-0.3, -0.25) is 4.79 Å². The summed E-state index contributed by atoms with van der Waals surface area (Å²) in [5.41, 5.74) is 6.94. The Morgan fingerprint density at radius 3 is 2.73 bits per heavy atom. The lowest BCUT2D eigenvalue weighted by Gasteiger charge is -2.30. The standard InChI is InChI=1S/C19H18BrFN2O3/c20-12-9-13(21)18(19(22)24)15(10-12)23-5-1-2-14(23)11-3-4-16-17(8-11)26-7-6-25-16/h3-4,8-10,14H,1-2,5-7H2,(H2,22,24). The summed E-state index contributed by atoms with van der Waals surface area (Å²) in [4.78, 5) is 13.9. The predicted octanol–water partition coefficient (Wildman–Crippen LogP) is 3.80. The van der Waals surface area contributed by atoms with E-state index in [0.717, 1.165) is 36.4 Å². The number of nitrogens with two attached hydrogens (primary N) is 1. The average molecular weight is 421 g/mol. The van der Waals surface area contributed by atoms with E-state index in [1.807, 2.05) is 23.1 Å². The molecule has 0 radical (unpaired) electrons. The van der Waals surface area contributed by atoms with Gasteiger partial charge in [-0.2, -0.15) is 0 Å². The van der Waals surface area contributed by atoms with Crippen molar-refractivity contribution >= 4 is 27.5 Å². The number of nitrogens with zero attached hydrogens (tertiary/aromatic N) is 1. The molecule has 136 valence electrons. The van der Waals surface area contributed by atoms with Gasteiger partial charge < -0.3 is 20.1 Å². The Kier molecular flexibility index (Phi) is 4.48. The van der Waals surface area contributed by atoms with Crippen LogP contribution < -0.4 is 20.1 Å². The SMILES string of the molecule is NC(=O)c1c(F)cc(Br)cc1N1CCCC1c1ccc2c(c1)OCCO2. The van der Waals surface area contributed by atoms with Gasteiger partial charge >= 0.3 is 0 Å². The van der Waals surface area contributed by atoms with E-state index >= 15 is 0 Å². The molecule has 0 bridgehead atoms. The number of hydrogen-bond donors (Lipinski definition) is 1. The van der Waals surface area contributed by atoms with Gasteiger partial charge in [-0.15, -0.1) is 0 Å². The summed E-state index contributed by atoms with van der Waals surface area (Å²) in [5, 5.41) is 0. The number of hydrogen-bond acceptors (Lipinski definition) is 4.